The van der Waals surface area contributed by atoms with Crippen molar-refractivity contribution >= 4 is 10.0 Å². The average molecular weight is 225 g/mol. The van der Waals surface area contributed by atoms with Gasteiger partial charge in [0.15, 0.2) is 0 Å². The van der Waals surface area contributed by atoms with Gasteiger partial charge in [-0.05, 0) is 18.2 Å². The van der Waals surface area contributed by atoms with Crippen LogP contribution in [0.1, 0.15) is 0 Å². The summed E-state index contributed by atoms with van der Waals surface area (Å²) in [7, 11) is -3.57. The molecule has 2 rings (SSSR count). The highest BCUT2D eigenvalue weighted by molar-refractivity contribution is 7.89. The Morgan fingerprint density at radius 3 is 2.47 bits per heavy atom. The van der Waals surface area contributed by atoms with E-state index in [0.717, 1.165) is 4.31 Å². The van der Waals surface area contributed by atoms with Gasteiger partial charge >= 0.3 is 0 Å². The Morgan fingerprint density at radius 1 is 1.27 bits per heavy atom. The fourth-order valence-electron chi connectivity index (χ4n) is 1.46. The standard InChI is InChI=1S/C10H11NO3S/c12-10-7-4-8-11(10)15(13,14)9-5-2-1-3-6-9/h1-7,10,12H,8H2. The third-order valence-corrected chi connectivity index (χ3v) is 4.09. The first kappa shape index (κ1) is 10.4. The van der Waals surface area contributed by atoms with Crippen LogP contribution in [0.15, 0.2) is 47.4 Å². The zero-order valence-electron chi connectivity index (χ0n) is 7.95. The number of rotatable bonds is 2. The Bertz CT molecular complexity index is 467. The molecule has 0 amide bonds. The van der Waals surface area contributed by atoms with Crippen molar-refractivity contribution in [2.45, 2.75) is 11.1 Å². The van der Waals surface area contributed by atoms with Crippen molar-refractivity contribution < 1.29 is 13.5 Å². The van der Waals surface area contributed by atoms with Crippen LogP contribution in [0.4, 0.5) is 0 Å². The molecule has 0 aromatic heterocycles. The molecule has 4 nitrogen and oxygen atoms in total. The molecule has 1 aliphatic heterocycles. The van der Waals surface area contributed by atoms with Crippen molar-refractivity contribution in [3.63, 3.8) is 0 Å². The first-order valence-corrected chi connectivity index (χ1v) is 5.98. The molecule has 0 saturated carbocycles. The smallest absolute Gasteiger partial charge is 0.245 e. The fraction of sp³-hybridized carbons (Fsp3) is 0.200. The zero-order valence-corrected chi connectivity index (χ0v) is 8.76. The fourth-order valence-corrected chi connectivity index (χ4v) is 2.87. The summed E-state index contributed by atoms with van der Waals surface area (Å²) >= 11 is 0. The highest BCUT2D eigenvalue weighted by Gasteiger charge is 2.30. The van der Waals surface area contributed by atoms with Gasteiger partial charge in [-0.1, -0.05) is 24.3 Å². The van der Waals surface area contributed by atoms with Crippen molar-refractivity contribution in [2.24, 2.45) is 0 Å². The van der Waals surface area contributed by atoms with Gasteiger partial charge in [-0.15, -0.1) is 0 Å². The Kier molecular flexibility index (Phi) is 2.60. The summed E-state index contributed by atoms with van der Waals surface area (Å²) in [5.74, 6) is 0. The van der Waals surface area contributed by atoms with Crippen LogP contribution in [-0.4, -0.2) is 30.6 Å². The van der Waals surface area contributed by atoms with Crippen LogP contribution < -0.4 is 0 Å². The lowest BCUT2D eigenvalue weighted by Gasteiger charge is -2.19. The number of hydrogen-bond donors (Lipinski definition) is 1. The first-order valence-electron chi connectivity index (χ1n) is 4.54. The minimum Gasteiger partial charge on any atom is -0.374 e. The van der Waals surface area contributed by atoms with Gasteiger partial charge in [-0.3, -0.25) is 0 Å². The molecular weight excluding hydrogens is 214 g/mol. The van der Waals surface area contributed by atoms with Gasteiger partial charge in [0.1, 0.15) is 6.23 Å². The van der Waals surface area contributed by atoms with Gasteiger partial charge in [0.05, 0.1) is 4.90 Å². The summed E-state index contributed by atoms with van der Waals surface area (Å²) in [6, 6.07) is 8.09. The second-order valence-corrected chi connectivity index (χ2v) is 5.12. The maximum Gasteiger partial charge on any atom is 0.245 e. The van der Waals surface area contributed by atoms with E-state index in [1.165, 1.54) is 18.2 Å². The van der Waals surface area contributed by atoms with Gasteiger partial charge in [0, 0.05) is 6.54 Å². The molecule has 1 unspecified atom stereocenters. The first-order chi connectivity index (χ1) is 7.12. The topological polar surface area (TPSA) is 57.6 Å². The SMILES string of the molecule is O=S(=O)(c1ccccc1)N1CC=CC1O. The highest BCUT2D eigenvalue weighted by Crippen LogP contribution is 2.20. The summed E-state index contributed by atoms with van der Waals surface area (Å²) in [6.07, 6.45) is 2.04. The minimum atomic E-state index is -3.57. The van der Waals surface area contributed by atoms with Crippen LogP contribution in [0.5, 0.6) is 0 Å². The van der Waals surface area contributed by atoms with Crippen LogP contribution in [0.2, 0.25) is 0 Å². The highest BCUT2D eigenvalue weighted by atomic mass is 32.2. The predicted molar refractivity (Wildman–Crippen MR) is 55.5 cm³/mol. The van der Waals surface area contributed by atoms with Gasteiger partial charge in [0.2, 0.25) is 10.0 Å². The molecule has 5 heteroatoms. The number of sulfonamides is 1. The monoisotopic (exact) mass is 225 g/mol. The number of hydrogen-bond acceptors (Lipinski definition) is 3. The van der Waals surface area contributed by atoms with E-state index in [4.69, 9.17) is 0 Å². The molecule has 0 aliphatic carbocycles. The predicted octanol–water partition coefficient (Wildman–Crippen LogP) is 0.566. The number of benzene rings is 1. The molecule has 0 saturated heterocycles. The molecule has 0 radical (unpaired) electrons. The van der Waals surface area contributed by atoms with Crippen LogP contribution in [0.25, 0.3) is 0 Å². The Hall–Kier alpha value is -1.17. The summed E-state index contributed by atoms with van der Waals surface area (Å²) in [5, 5.41) is 9.45. The van der Waals surface area contributed by atoms with E-state index in [0.29, 0.717) is 0 Å². The normalized spacial score (nSPS) is 22.1. The van der Waals surface area contributed by atoms with E-state index in [1.807, 2.05) is 0 Å². The molecule has 0 bridgehead atoms. The molecule has 80 valence electrons. The third-order valence-electron chi connectivity index (χ3n) is 2.24. The maximum absolute atomic E-state index is 12.0. The van der Waals surface area contributed by atoms with Gasteiger partial charge < -0.3 is 5.11 Å². The van der Waals surface area contributed by atoms with Crippen molar-refractivity contribution in [1.82, 2.24) is 4.31 Å². The van der Waals surface area contributed by atoms with Crippen LogP contribution in [0.3, 0.4) is 0 Å². The Balaban J connectivity index is 2.37. The van der Waals surface area contributed by atoms with Crippen molar-refractivity contribution in [3.8, 4) is 0 Å². The molecule has 1 atom stereocenters. The van der Waals surface area contributed by atoms with E-state index in [9.17, 15) is 13.5 Å². The van der Waals surface area contributed by atoms with Crippen LogP contribution in [-0.2, 0) is 10.0 Å². The molecule has 1 heterocycles. The third kappa shape index (κ3) is 1.81. The molecule has 1 N–H and O–H groups in total. The minimum absolute atomic E-state index is 0.202. The van der Waals surface area contributed by atoms with Gasteiger partial charge in [-0.2, -0.15) is 4.31 Å². The van der Waals surface area contributed by atoms with E-state index in [-0.39, 0.29) is 11.4 Å². The molecule has 0 spiro atoms. The van der Waals surface area contributed by atoms with E-state index in [1.54, 1.807) is 24.3 Å². The lowest BCUT2D eigenvalue weighted by Crippen LogP contribution is -2.35. The maximum atomic E-state index is 12.0. The molecule has 1 aromatic carbocycles. The van der Waals surface area contributed by atoms with E-state index in [2.05, 4.69) is 0 Å². The average Bonchev–Trinajstić information content (AvgIpc) is 2.66. The van der Waals surface area contributed by atoms with Gasteiger partial charge in [-0.25, -0.2) is 8.42 Å². The summed E-state index contributed by atoms with van der Waals surface area (Å²) in [6.45, 7) is 0.221. The zero-order chi connectivity index (χ0) is 10.9. The second kappa shape index (κ2) is 3.77. The Morgan fingerprint density at radius 2 is 1.93 bits per heavy atom. The molecule has 1 aromatic rings. The van der Waals surface area contributed by atoms with E-state index < -0.39 is 16.3 Å². The summed E-state index contributed by atoms with van der Waals surface area (Å²) in [4.78, 5) is 0.202. The largest absolute Gasteiger partial charge is 0.374 e. The summed E-state index contributed by atoms with van der Waals surface area (Å²) < 4.78 is 25.0. The number of nitrogens with zero attached hydrogens (tertiary/aromatic N) is 1. The van der Waals surface area contributed by atoms with Crippen molar-refractivity contribution in [1.29, 1.82) is 0 Å². The lowest BCUT2D eigenvalue weighted by atomic mass is 10.4. The molecule has 15 heavy (non-hydrogen) atoms. The lowest BCUT2D eigenvalue weighted by molar-refractivity contribution is 0.126. The van der Waals surface area contributed by atoms with Crippen molar-refractivity contribution in [2.75, 3.05) is 6.54 Å². The Labute approximate surface area is 88.5 Å². The second-order valence-electron chi connectivity index (χ2n) is 3.23. The quantitative estimate of drug-likeness (QED) is 0.748. The molecule has 0 fully saturated rings. The van der Waals surface area contributed by atoms with Crippen LogP contribution in [0, 0.1) is 0 Å². The van der Waals surface area contributed by atoms with Gasteiger partial charge in [0.25, 0.3) is 0 Å². The molecule has 1 aliphatic rings. The van der Waals surface area contributed by atoms with Crippen LogP contribution >= 0.6 is 0 Å². The number of aliphatic hydroxyl groups is 1. The number of aliphatic hydroxyl groups excluding tert-OH is 1. The van der Waals surface area contributed by atoms with Crippen molar-refractivity contribution in [3.05, 3.63) is 42.5 Å². The van der Waals surface area contributed by atoms with E-state index >= 15 is 0 Å². The molecular formula is C10H11NO3S. The summed E-state index contributed by atoms with van der Waals surface area (Å²) in [5.41, 5.74) is 0.